The van der Waals surface area contributed by atoms with Gasteiger partial charge >= 0.3 is 0 Å². The maximum absolute atomic E-state index is 14.2. The van der Waals surface area contributed by atoms with Gasteiger partial charge in [0.2, 0.25) is 5.82 Å². The molecule has 5 rings (SSSR count). The van der Waals surface area contributed by atoms with E-state index >= 15 is 0 Å². The number of ether oxygens (including phenoxy) is 1. The van der Waals surface area contributed by atoms with Crippen LogP contribution in [0.25, 0.3) is 11.4 Å². The Morgan fingerprint density at radius 1 is 1.02 bits per heavy atom. The Bertz CT molecular complexity index is 1530. The van der Waals surface area contributed by atoms with Crippen LogP contribution in [0.3, 0.4) is 0 Å². The highest BCUT2D eigenvalue weighted by Crippen LogP contribution is 2.35. The van der Waals surface area contributed by atoms with Crippen LogP contribution in [0.1, 0.15) is 81.9 Å². The van der Waals surface area contributed by atoms with Crippen molar-refractivity contribution in [3.05, 3.63) is 77.7 Å². The van der Waals surface area contributed by atoms with Gasteiger partial charge in [-0.05, 0) is 106 Å². The van der Waals surface area contributed by atoms with Crippen molar-refractivity contribution >= 4 is 17.5 Å². The fourth-order valence-electron chi connectivity index (χ4n) is 5.56. The molecule has 2 amide bonds. The highest BCUT2D eigenvalue weighted by atomic mass is 16.5. The molecule has 1 N–H and O–H groups in total. The molecule has 0 radical (unpaired) electrons. The predicted molar refractivity (Wildman–Crippen MR) is 164 cm³/mol. The van der Waals surface area contributed by atoms with Crippen molar-refractivity contribution in [1.82, 2.24) is 25.5 Å². The summed E-state index contributed by atoms with van der Waals surface area (Å²) in [6.45, 7) is 7.29. The van der Waals surface area contributed by atoms with Crippen LogP contribution < -0.4 is 15.0 Å². The molecule has 10 nitrogen and oxygen atoms in total. The van der Waals surface area contributed by atoms with Gasteiger partial charge in [0, 0.05) is 16.8 Å². The second kappa shape index (κ2) is 12.8. The summed E-state index contributed by atoms with van der Waals surface area (Å²) in [6, 6.07) is 17.8. The standard InChI is InChI=1S/C33H40N6O4/c1-22-11-20-28(43-22)30(32(41)34-33(2,3)4)39(26-16-12-24(13-17-26)23-9-7-6-8-10-23)29(40)21-38-36-31(35-37-38)25-14-18-27(42-5)19-15-25/h11-20,23,30H,6-10,21H2,1-5H3,(H,34,41)/t30-/m1/s1. The first-order valence-corrected chi connectivity index (χ1v) is 14.8. The second-order valence-electron chi connectivity index (χ2n) is 12.2. The molecule has 10 heteroatoms. The number of aromatic nitrogens is 4. The van der Waals surface area contributed by atoms with Gasteiger partial charge in [-0.1, -0.05) is 31.4 Å². The zero-order valence-electron chi connectivity index (χ0n) is 25.5. The van der Waals surface area contributed by atoms with E-state index in [0.29, 0.717) is 34.7 Å². The van der Waals surface area contributed by atoms with Gasteiger partial charge in [-0.15, -0.1) is 10.2 Å². The quantitative estimate of drug-likeness (QED) is 0.257. The monoisotopic (exact) mass is 584 g/mol. The molecule has 0 bridgehead atoms. The normalized spacial score (nSPS) is 14.7. The number of tetrazole rings is 1. The van der Waals surface area contributed by atoms with Crippen LogP contribution in [-0.2, 0) is 16.1 Å². The van der Waals surface area contributed by atoms with Crippen LogP contribution in [0.5, 0.6) is 5.75 Å². The van der Waals surface area contributed by atoms with Gasteiger partial charge in [0.15, 0.2) is 6.04 Å². The lowest BCUT2D eigenvalue weighted by Crippen LogP contribution is -2.50. The molecule has 0 spiro atoms. The topological polar surface area (TPSA) is 115 Å². The highest BCUT2D eigenvalue weighted by Gasteiger charge is 2.37. The molecular weight excluding hydrogens is 544 g/mol. The molecule has 1 atom stereocenters. The Balaban J connectivity index is 1.49. The Kier molecular flexibility index (Phi) is 8.94. The average Bonchev–Trinajstić information content (AvgIpc) is 3.64. The van der Waals surface area contributed by atoms with Crippen molar-refractivity contribution in [3.8, 4) is 17.1 Å². The number of aryl methyl sites for hydroxylation is 1. The number of hydrogen-bond donors (Lipinski definition) is 1. The SMILES string of the molecule is COc1ccc(-c2nnn(CC(=O)N(c3ccc(C4CCCCC4)cc3)[C@@H](C(=O)NC(C)(C)C)c3ccc(C)o3)n2)cc1. The third-order valence-corrected chi connectivity index (χ3v) is 7.63. The Morgan fingerprint density at radius 3 is 2.33 bits per heavy atom. The maximum Gasteiger partial charge on any atom is 0.251 e. The van der Waals surface area contributed by atoms with Crippen LogP contribution in [0.4, 0.5) is 5.69 Å². The number of rotatable bonds is 9. The lowest BCUT2D eigenvalue weighted by atomic mass is 9.84. The van der Waals surface area contributed by atoms with Crippen molar-refractivity contribution < 1.29 is 18.7 Å². The fourth-order valence-corrected chi connectivity index (χ4v) is 5.56. The molecular formula is C33H40N6O4. The van der Waals surface area contributed by atoms with Crippen molar-refractivity contribution in [2.45, 2.75) is 83.8 Å². The largest absolute Gasteiger partial charge is 0.497 e. The van der Waals surface area contributed by atoms with Gasteiger partial charge in [0.1, 0.15) is 23.8 Å². The predicted octanol–water partition coefficient (Wildman–Crippen LogP) is 5.99. The maximum atomic E-state index is 14.2. The van der Waals surface area contributed by atoms with Gasteiger partial charge < -0.3 is 14.5 Å². The van der Waals surface area contributed by atoms with Crippen molar-refractivity contribution in [2.75, 3.05) is 12.0 Å². The molecule has 1 fully saturated rings. The van der Waals surface area contributed by atoms with Crippen LogP contribution in [-0.4, -0.2) is 44.7 Å². The number of methoxy groups -OCH3 is 1. The van der Waals surface area contributed by atoms with E-state index in [9.17, 15) is 9.59 Å². The molecule has 1 aliphatic carbocycles. The van der Waals surface area contributed by atoms with Gasteiger partial charge in [0.25, 0.3) is 11.8 Å². The zero-order valence-corrected chi connectivity index (χ0v) is 25.5. The molecule has 0 aliphatic heterocycles. The molecule has 0 saturated heterocycles. The van der Waals surface area contributed by atoms with Crippen molar-refractivity contribution in [3.63, 3.8) is 0 Å². The molecule has 4 aromatic rings. The summed E-state index contributed by atoms with van der Waals surface area (Å²) < 4.78 is 11.2. The average molecular weight is 585 g/mol. The van der Waals surface area contributed by atoms with E-state index in [1.807, 2.05) is 64.1 Å². The fraction of sp³-hybridized carbons (Fsp3) is 0.424. The number of amides is 2. The molecule has 226 valence electrons. The summed E-state index contributed by atoms with van der Waals surface area (Å²) in [5.41, 5.74) is 2.05. The van der Waals surface area contributed by atoms with Crippen molar-refractivity contribution in [2.24, 2.45) is 0 Å². The van der Waals surface area contributed by atoms with Gasteiger partial charge in [-0.3, -0.25) is 14.5 Å². The van der Waals surface area contributed by atoms with Crippen LogP contribution in [0.15, 0.2) is 65.1 Å². The molecule has 2 aromatic heterocycles. The van der Waals surface area contributed by atoms with Crippen molar-refractivity contribution in [1.29, 1.82) is 0 Å². The number of carbonyl (C=O) groups excluding carboxylic acids is 2. The zero-order chi connectivity index (χ0) is 30.6. The van der Waals surface area contributed by atoms with E-state index in [1.54, 1.807) is 19.2 Å². The third-order valence-electron chi connectivity index (χ3n) is 7.63. The van der Waals surface area contributed by atoms with E-state index in [4.69, 9.17) is 9.15 Å². The van der Waals surface area contributed by atoms with E-state index < -0.39 is 11.6 Å². The first-order valence-electron chi connectivity index (χ1n) is 14.8. The Labute approximate surface area is 252 Å². The molecule has 2 aromatic carbocycles. The summed E-state index contributed by atoms with van der Waals surface area (Å²) in [6.07, 6.45) is 6.07. The van der Waals surface area contributed by atoms with E-state index in [0.717, 1.165) is 5.56 Å². The smallest absolute Gasteiger partial charge is 0.251 e. The summed E-state index contributed by atoms with van der Waals surface area (Å²) in [5.74, 6) is 1.88. The minimum atomic E-state index is -1.05. The number of hydrogen-bond acceptors (Lipinski definition) is 7. The lowest BCUT2D eigenvalue weighted by Gasteiger charge is -2.32. The van der Waals surface area contributed by atoms with Gasteiger partial charge in [-0.2, -0.15) is 4.80 Å². The first-order chi connectivity index (χ1) is 20.6. The number of carbonyl (C=O) groups is 2. The minimum absolute atomic E-state index is 0.230. The van der Waals surface area contributed by atoms with E-state index in [1.165, 1.54) is 47.4 Å². The van der Waals surface area contributed by atoms with Crippen LogP contribution in [0, 0.1) is 6.92 Å². The molecule has 0 unspecified atom stereocenters. The minimum Gasteiger partial charge on any atom is -0.497 e. The molecule has 1 aliphatic rings. The number of furan rings is 1. The van der Waals surface area contributed by atoms with Crippen LogP contribution in [0.2, 0.25) is 0 Å². The lowest BCUT2D eigenvalue weighted by molar-refractivity contribution is -0.128. The molecule has 1 saturated carbocycles. The summed E-state index contributed by atoms with van der Waals surface area (Å²) in [7, 11) is 1.60. The number of nitrogens with one attached hydrogen (secondary N) is 1. The van der Waals surface area contributed by atoms with Gasteiger partial charge in [-0.25, -0.2) is 0 Å². The second-order valence-corrected chi connectivity index (χ2v) is 12.2. The van der Waals surface area contributed by atoms with E-state index in [-0.39, 0.29) is 18.4 Å². The molecule has 2 heterocycles. The summed E-state index contributed by atoms with van der Waals surface area (Å²) in [5, 5.41) is 15.8. The summed E-state index contributed by atoms with van der Waals surface area (Å²) in [4.78, 5) is 30.8. The molecule has 43 heavy (non-hydrogen) atoms. The number of anilines is 1. The number of nitrogens with zero attached hydrogens (tertiary/aromatic N) is 5. The Morgan fingerprint density at radius 2 is 1.72 bits per heavy atom. The van der Waals surface area contributed by atoms with E-state index in [2.05, 4.69) is 32.9 Å². The van der Waals surface area contributed by atoms with Gasteiger partial charge in [0.05, 0.1) is 7.11 Å². The third kappa shape index (κ3) is 7.31. The Hall–Kier alpha value is -4.47. The summed E-state index contributed by atoms with van der Waals surface area (Å²) >= 11 is 0. The van der Waals surface area contributed by atoms with Crippen LogP contribution >= 0.6 is 0 Å². The number of benzene rings is 2. The first kappa shape index (κ1) is 30.0. The highest BCUT2D eigenvalue weighted by molar-refractivity contribution is 6.01.